The molecule has 0 radical (unpaired) electrons. The summed E-state index contributed by atoms with van der Waals surface area (Å²) >= 11 is 5.93. The Hall–Kier alpha value is -2.14. The Morgan fingerprint density at radius 3 is 2.74 bits per heavy atom. The summed E-state index contributed by atoms with van der Waals surface area (Å²) in [5.41, 5.74) is 1.18. The van der Waals surface area contributed by atoms with Crippen LogP contribution in [0.4, 0.5) is 11.6 Å². The van der Waals surface area contributed by atoms with E-state index in [4.69, 9.17) is 11.6 Å². The first-order chi connectivity index (χ1) is 9.20. The molecule has 0 atom stereocenters. The third-order valence-electron chi connectivity index (χ3n) is 2.38. The lowest BCUT2D eigenvalue weighted by molar-refractivity contribution is 0.102. The molecule has 0 saturated carbocycles. The third kappa shape index (κ3) is 3.42. The second-order valence-corrected chi connectivity index (χ2v) is 4.18. The highest BCUT2D eigenvalue weighted by molar-refractivity contribution is 6.31. The van der Waals surface area contributed by atoms with E-state index in [0.29, 0.717) is 17.1 Å². The maximum absolute atomic E-state index is 12.2. The van der Waals surface area contributed by atoms with Crippen molar-refractivity contribution in [2.75, 3.05) is 17.2 Å². The monoisotopic (exact) mass is 276 g/mol. The summed E-state index contributed by atoms with van der Waals surface area (Å²) in [6, 6.07) is 6.79. The zero-order valence-corrected chi connectivity index (χ0v) is 11.1. The van der Waals surface area contributed by atoms with E-state index in [2.05, 4.69) is 20.6 Å². The van der Waals surface area contributed by atoms with Crippen molar-refractivity contribution in [3.63, 3.8) is 0 Å². The maximum atomic E-state index is 12.2. The first-order valence-corrected chi connectivity index (χ1v) is 6.20. The van der Waals surface area contributed by atoms with Gasteiger partial charge in [0.15, 0.2) is 0 Å². The zero-order valence-electron chi connectivity index (χ0n) is 10.4. The molecule has 0 aliphatic rings. The quantitative estimate of drug-likeness (QED) is 0.901. The Balaban J connectivity index is 2.25. The first-order valence-electron chi connectivity index (χ1n) is 5.82. The Labute approximate surface area is 116 Å². The van der Waals surface area contributed by atoms with E-state index < -0.39 is 0 Å². The minimum atomic E-state index is -0.301. The van der Waals surface area contributed by atoms with Crippen molar-refractivity contribution < 1.29 is 4.79 Å². The highest BCUT2D eigenvalue weighted by atomic mass is 35.5. The molecule has 0 unspecified atom stereocenters. The van der Waals surface area contributed by atoms with Crippen LogP contribution in [0, 0.1) is 0 Å². The Morgan fingerprint density at radius 1 is 1.32 bits per heavy atom. The van der Waals surface area contributed by atoms with E-state index >= 15 is 0 Å². The van der Waals surface area contributed by atoms with Gasteiger partial charge in [-0.15, -0.1) is 0 Å². The molecule has 1 heterocycles. The van der Waals surface area contributed by atoms with Gasteiger partial charge < -0.3 is 5.32 Å². The van der Waals surface area contributed by atoms with Crippen LogP contribution in [0.3, 0.4) is 0 Å². The van der Waals surface area contributed by atoms with Crippen LogP contribution in [0.2, 0.25) is 5.02 Å². The number of aromatic nitrogens is 2. The molecule has 0 aliphatic heterocycles. The van der Waals surface area contributed by atoms with Crippen LogP contribution >= 0.6 is 11.6 Å². The molecule has 1 amide bonds. The minimum Gasteiger partial charge on any atom is -0.385 e. The summed E-state index contributed by atoms with van der Waals surface area (Å²) in [6.07, 6.45) is 3.12. The van der Waals surface area contributed by atoms with Crippen LogP contribution in [-0.4, -0.2) is 22.4 Å². The molecular formula is C13H13ClN4O. The average molecular weight is 277 g/mol. The number of carbonyl (C=O) groups excluding carboxylic acids is 1. The molecule has 5 nitrogen and oxygen atoms in total. The number of nitrogens with zero attached hydrogens (tertiary/aromatic N) is 2. The Morgan fingerprint density at radius 2 is 2.05 bits per heavy atom. The topological polar surface area (TPSA) is 66.9 Å². The summed E-state index contributed by atoms with van der Waals surface area (Å²) in [7, 11) is 0. The number of hydrogen-bond acceptors (Lipinski definition) is 4. The molecule has 98 valence electrons. The molecule has 1 aromatic carbocycles. The molecule has 2 aromatic rings. The van der Waals surface area contributed by atoms with E-state index in [9.17, 15) is 4.79 Å². The minimum absolute atomic E-state index is 0.259. The van der Waals surface area contributed by atoms with Crippen LogP contribution in [-0.2, 0) is 0 Å². The highest BCUT2D eigenvalue weighted by Gasteiger charge is 2.13. The zero-order chi connectivity index (χ0) is 13.7. The summed E-state index contributed by atoms with van der Waals surface area (Å²) in [5, 5.41) is 6.23. The molecule has 19 heavy (non-hydrogen) atoms. The van der Waals surface area contributed by atoms with Crippen molar-refractivity contribution >= 4 is 29.1 Å². The van der Waals surface area contributed by atoms with Crippen molar-refractivity contribution in [3.05, 3.63) is 47.2 Å². The average Bonchev–Trinajstić information content (AvgIpc) is 2.42. The number of amides is 1. The van der Waals surface area contributed by atoms with Gasteiger partial charge in [-0.25, -0.2) is 9.97 Å². The largest absolute Gasteiger partial charge is 0.385 e. The molecule has 0 spiro atoms. The standard InChI is InChI=1S/C13H13ClN4O/c1-2-15-11-5-4-9(14)8-10(11)12(19)18-13-16-6-3-7-17-13/h3-8,15H,2H2,1H3,(H,16,17,18,19). The van der Waals surface area contributed by atoms with Gasteiger partial charge in [0.25, 0.3) is 5.91 Å². The van der Waals surface area contributed by atoms with Crippen LogP contribution in [0.1, 0.15) is 17.3 Å². The number of anilines is 2. The fourth-order valence-electron chi connectivity index (χ4n) is 1.58. The fourth-order valence-corrected chi connectivity index (χ4v) is 1.75. The van der Waals surface area contributed by atoms with Crippen LogP contribution in [0.25, 0.3) is 0 Å². The van der Waals surface area contributed by atoms with Crippen molar-refractivity contribution in [2.45, 2.75) is 6.92 Å². The third-order valence-corrected chi connectivity index (χ3v) is 2.62. The van der Waals surface area contributed by atoms with Crippen molar-refractivity contribution in [1.29, 1.82) is 0 Å². The highest BCUT2D eigenvalue weighted by Crippen LogP contribution is 2.21. The second kappa shape index (κ2) is 6.15. The number of benzene rings is 1. The van der Waals surface area contributed by atoms with E-state index in [1.807, 2.05) is 6.92 Å². The molecule has 0 bridgehead atoms. The van der Waals surface area contributed by atoms with Crippen molar-refractivity contribution in [3.8, 4) is 0 Å². The van der Waals surface area contributed by atoms with Gasteiger partial charge in [0.1, 0.15) is 0 Å². The summed E-state index contributed by atoms with van der Waals surface area (Å²) < 4.78 is 0. The van der Waals surface area contributed by atoms with E-state index in [1.165, 1.54) is 0 Å². The van der Waals surface area contributed by atoms with Gasteiger partial charge in [-0.3, -0.25) is 10.1 Å². The summed E-state index contributed by atoms with van der Waals surface area (Å²) in [4.78, 5) is 20.1. The SMILES string of the molecule is CCNc1ccc(Cl)cc1C(=O)Nc1ncccn1. The normalized spacial score (nSPS) is 10.0. The van der Waals surface area contributed by atoms with Gasteiger partial charge in [0.2, 0.25) is 5.95 Å². The van der Waals surface area contributed by atoms with Gasteiger partial charge >= 0.3 is 0 Å². The van der Waals surface area contributed by atoms with Gasteiger partial charge in [0, 0.05) is 29.6 Å². The van der Waals surface area contributed by atoms with Gasteiger partial charge in [-0.2, -0.15) is 0 Å². The van der Waals surface area contributed by atoms with Crippen molar-refractivity contribution in [2.24, 2.45) is 0 Å². The molecule has 2 rings (SSSR count). The number of halogens is 1. The van der Waals surface area contributed by atoms with E-state index in [1.54, 1.807) is 36.7 Å². The predicted octanol–water partition coefficient (Wildman–Crippen LogP) is 2.81. The summed E-state index contributed by atoms with van der Waals surface area (Å²) in [6.45, 7) is 2.67. The van der Waals surface area contributed by atoms with Crippen LogP contribution in [0.15, 0.2) is 36.7 Å². The first kappa shape index (κ1) is 13.3. The van der Waals surface area contributed by atoms with E-state index in [-0.39, 0.29) is 11.9 Å². The Bertz CT molecular complexity index is 574. The van der Waals surface area contributed by atoms with Crippen LogP contribution in [0.5, 0.6) is 0 Å². The lowest BCUT2D eigenvalue weighted by Crippen LogP contribution is -2.16. The molecule has 6 heteroatoms. The number of carbonyl (C=O) groups is 1. The lowest BCUT2D eigenvalue weighted by Gasteiger charge is -2.10. The Kier molecular flexibility index (Phi) is 4.30. The number of rotatable bonds is 4. The molecule has 0 fully saturated rings. The molecule has 2 N–H and O–H groups in total. The molecule has 0 aliphatic carbocycles. The predicted molar refractivity (Wildman–Crippen MR) is 75.6 cm³/mol. The van der Waals surface area contributed by atoms with Crippen molar-refractivity contribution in [1.82, 2.24) is 9.97 Å². The van der Waals surface area contributed by atoms with Gasteiger partial charge in [-0.05, 0) is 31.2 Å². The summed E-state index contributed by atoms with van der Waals surface area (Å²) in [5.74, 6) is -0.0421. The molecule has 0 saturated heterocycles. The lowest BCUT2D eigenvalue weighted by atomic mass is 10.1. The smallest absolute Gasteiger partial charge is 0.260 e. The van der Waals surface area contributed by atoms with Crippen LogP contribution < -0.4 is 10.6 Å². The maximum Gasteiger partial charge on any atom is 0.260 e. The van der Waals surface area contributed by atoms with E-state index in [0.717, 1.165) is 5.69 Å². The fraction of sp³-hybridized carbons (Fsp3) is 0.154. The number of nitrogens with one attached hydrogen (secondary N) is 2. The number of hydrogen-bond donors (Lipinski definition) is 2. The molecule has 1 aromatic heterocycles. The van der Waals surface area contributed by atoms with Gasteiger partial charge in [-0.1, -0.05) is 11.6 Å². The molecular weight excluding hydrogens is 264 g/mol. The second-order valence-electron chi connectivity index (χ2n) is 3.75. The van der Waals surface area contributed by atoms with Gasteiger partial charge in [0.05, 0.1) is 5.56 Å².